The zero-order valence-corrected chi connectivity index (χ0v) is 21.0. The van der Waals surface area contributed by atoms with Crippen molar-refractivity contribution in [2.75, 3.05) is 17.5 Å². The van der Waals surface area contributed by atoms with Crippen LogP contribution in [-0.4, -0.2) is 38.8 Å². The number of sulfonamides is 1. The molecule has 0 aromatic heterocycles. The van der Waals surface area contributed by atoms with Gasteiger partial charge in [-0.25, -0.2) is 13.8 Å². The molecule has 9 heteroatoms. The number of phenolic OH excluding ortho intramolecular Hbond substituents is 1. The number of benzene rings is 3. The molecule has 1 amide bonds. The lowest BCUT2D eigenvalue weighted by Gasteiger charge is -2.24. The van der Waals surface area contributed by atoms with Crippen LogP contribution in [0.3, 0.4) is 0 Å². The largest absolute Gasteiger partial charge is 0.504 e. The van der Waals surface area contributed by atoms with Crippen LogP contribution in [0.25, 0.3) is 0 Å². The second kappa shape index (κ2) is 11.1. The Hall–Kier alpha value is -3.85. The highest BCUT2D eigenvalue weighted by molar-refractivity contribution is 7.92. The number of nitrogens with zero attached hydrogens (tertiary/aromatic N) is 2. The maximum atomic E-state index is 13.5. The van der Waals surface area contributed by atoms with Crippen molar-refractivity contribution >= 4 is 27.8 Å². The summed E-state index contributed by atoms with van der Waals surface area (Å²) in [4.78, 5) is 12.8. The first-order valence-electron chi connectivity index (χ1n) is 11.1. The lowest BCUT2D eigenvalue weighted by Crippen LogP contribution is -2.39. The normalized spacial score (nSPS) is 11.4. The molecule has 35 heavy (non-hydrogen) atoms. The molecule has 0 radical (unpaired) electrons. The molecule has 0 unspecified atom stereocenters. The van der Waals surface area contributed by atoms with Gasteiger partial charge in [0.2, 0.25) is 0 Å². The van der Waals surface area contributed by atoms with Crippen LogP contribution >= 0.6 is 0 Å². The molecule has 0 aliphatic carbocycles. The van der Waals surface area contributed by atoms with E-state index in [0.717, 1.165) is 21.0 Å². The van der Waals surface area contributed by atoms with E-state index < -0.39 is 22.5 Å². The van der Waals surface area contributed by atoms with Crippen LogP contribution in [0.1, 0.15) is 29.2 Å². The van der Waals surface area contributed by atoms with E-state index in [4.69, 9.17) is 4.74 Å². The molecular formula is C26H29N3O5S. The molecule has 0 spiro atoms. The third kappa shape index (κ3) is 6.60. The third-order valence-corrected chi connectivity index (χ3v) is 6.87. The van der Waals surface area contributed by atoms with Gasteiger partial charge in [0, 0.05) is 0 Å². The molecule has 0 bridgehead atoms. The van der Waals surface area contributed by atoms with Crippen LogP contribution in [0.4, 0.5) is 5.69 Å². The molecule has 0 aliphatic heterocycles. The highest BCUT2D eigenvalue weighted by atomic mass is 32.2. The average molecular weight is 496 g/mol. The van der Waals surface area contributed by atoms with E-state index in [1.807, 2.05) is 26.8 Å². The van der Waals surface area contributed by atoms with Crippen molar-refractivity contribution in [3.05, 3.63) is 82.9 Å². The van der Waals surface area contributed by atoms with E-state index in [2.05, 4.69) is 10.5 Å². The first-order chi connectivity index (χ1) is 16.6. The number of rotatable bonds is 9. The van der Waals surface area contributed by atoms with Crippen LogP contribution in [-0.2, 0) is 14.8 Å². The number of carbonyl (C=O) groups is 1. The molecule has 2 N–H and O–H groups in total. The molecule has 0 saturated carbocycles. The van der Waals surface area contributed by atoms with E-state index in [0.29, 0.717) is 23.6 Å². The minimum Gasteiger partial charge on any atom is -0.504 e. The topological polar surface area (TPSA) is 108 Å². The molecule has 0 aliphatic rings. The van der Waals surface area contributed by atoms with Crippen LogP contribution < -0.4 is 14.5 Å². The van der Waals surface area contributed by atoms with Crippen molar-refractivity contribution in [2.24, 2.45) is 5.10 Å². The van der Waals surface area contributed by atoms with Crippen molar-refractivity contribution in [1.29, 1.82) is 0 Å². The standard InChI is InChI=1S/C26H29N3O5S/c1-5-34-25-15-21(8-11-24(25)30)16-27-28-26(31)17-29(22-13-19(3)12-20(4)14-22)35(32,33)23-9-6-18(2)7-10-23/h6-16,30H,5,17H2,1-4H3,(H,28,31)/b27-16-. The van der Waals surface area contributed by atoms with Gasteiger partial charge in [-0.05, 0) is 86.8 Å². The van der Waals surface area contributed by atoms with Crippen molar-refractivity contribution < 1.29 is 23.1 Å². The summed E-state index contributed by atoms with van der Waals surface area (Å²) < 4.78 is 33.4. The molecule has 0 fully saturated rings. The van der Waals surface area contributed by atoms with Gasteiger partial charge in [0.25, 0.3) is 15.9 Å². The molecule has 3 rings (SSSR count). The summed E-state index contributed by atoms with van der Waals surface area (Å²) >= 11 is 0. The van der Waals surface area contributed by atoms with Gasteiger partial charge in [-0.15, -0.1) is 0 Å². The number of carbonyl (C=O) groups excluding carboxylic acids is 1. The average Bonchev–Trinajstić information content (AvgIpc) is 2.79. The molecular weight excluding hydrogens is 466 g/mol. The van der Waals surface area contributed by atoms with Crippen molar-refractivity contribution in [3.63, 3.8) is 0 Å². The van der Waals surface area contributed by atoms with Crippen LogP contribution in [0.2, 0.25) is 0 Å². The smallest absolute Gasteiger partial charge is 0.264 e. The van der Waals surface area contributed by atoms with Crippen molar-refractivity contribution in [1.82, 2.24) is 5.43 Å². The second-order valence-corrected chi connectivity index (χ2v) is 9.99. The highest BCUT2D eigenvalue weighted by Gasteiger charge is 2.27. The quantitative estimate of drug-likeness (QED) is 0.344. The second-order valence-electron chi connectivity index (χ2n) is 8.12. The Morgan fingerprint density at radius 2 is 1.66 bits per heavy atom. The lowest BCUT2D eigenvalue weighted by molar-refractivity contribution is -0.119. The summed E-state index contributed by atoms with van der Waals surface area (Å²) in [6.07, 6.45) is 1.38. The number of hydrazone groups is 1. The number of anilines is 1. The minimum atomic E-state index is -4.02. The third-order valence-electron chi connectivity index (χ3n) is 5.08. The SMILES string of the molecule is CCOc1cc(/C=N\NC(=O)CN(c2cc(C)cc(C)c2)S(=O)(=O)c2ccc(C)cc2)ccc1O. The first kappa shape index (κ1) is 25.8. The number of hydrogen-bond acceptors (Lipinski definition) is 6. The predicted octanol–water partition coefficient (Wildman–Crippen LogP) is 4.06. The van der Waals surface area contributed by atoms with E-state index in [-0.39, 0.29) is 10.6 Å². The van der Waals surface area contributed by atoms with E-state index in [1.165, 1.54) is 24.4 Å². The maximum Gasteiger partial charge on any atom is 0.264 e. The first-order valence-corrected chi connectivity index (χ1v) is 12.5. The number of ether oxygens (including phenoxy) is 1. The van der Waals surface area contributed by atoms with Crippen molar-refractivity contribution in [2.45, 2.75) is 32.6 Å². The Morgan fingerprint density at radius 1 is 1.00 bits per heavy atom. The summed E-state index contributed by atoms with van der Waals surface area (Å²) in [5.41, 5.74) is 6.04. The Labute approximate surface area is 205 Å². The van der Waals surface area contributed by atoms with Gasteiger partial charge >= 0.3 is 0 Å². The zero-order valence-electron chi connectivity index (χ0n) is 20.1. The molecule has 0 heterocycles. The zero-order chi connectivity index (χ0) is 25.6. The van der Waals surface area contributed by atoms with Gasteiger partial charge in [-0.1, -0.05) is 23.8 Å². The highest BCUT2D eigenvalue weighted by Crippen LogP contribution is 2.27. The summed E-state index contributed by atoms with van der Waals surface area (Å²) in [5.74, 6) is -0.314. The predicted molar refractivity (Wildman–Crippen MR) is 137 cm³/mol. The fourth-order valence-electron chi connectivity index (χ4n) is 3.47. The van der Waals surface area contributed by atoms with Gasteiger partial charge < -0.3 is 9.84 Å². The monoisotopic (exact) mass is 495 g/mol. The molecule has 3 aromatic rings. The molecule has 184 valence electrons. The fourth-order valence-corrected chi connectivity index (χ4v) is 4.88. The van der Waals surface area contributed by atoms with Gasteiger partial charge in [-0.2, -0.15) is 5.10 Å². The lowest BCUT2D eigenvalue weighted by atomic mass is 10.1. The molecule has 0 atom stereocenters. The molecule has 0 saturated heterocycles. The molecule has 3 aromatic carbocycles. The van der Waals surface area contributed by atoms with Gasteiger partial charge in [0.1, 0.15) is 6.54 Å². The number of nitrogens with one attached hydrogen (secondary N) is 1. The Balaban J connectivity index is 1.85. The Kier molecular flexibility index (Phi) is 8.14. The number of aryl methyl sites for hydroxylation is 3. The fraction of sp³-hybridized carbons (Fsp3) is 0.231. The van der Waals surface area contributed by atoms with Crippen LogP contribution in [0, 0.1) is 20.8 Å². The maximum absolute atomic E-state index is 13.5. The van der Waals surface area contributed by atoms with E-state index in [1.54, 1.807) is 43.3 Å². The minimum absolute atomic E-state index is 0.00145. The summed E-state index contributed by atoms with van der Waals surface area (Å²) in [5, 5.41) is 13.7. The summed E-state index contributed by atoms with van der Waals surface area (Å²) in [6, 6.07) is 16.5. The van der Waals surface area contributed by atoms with Gasteiger partial charge in [0.15, 0.2) is 11.5 Å². The number of aromatic hydroxyl groups is 1. The van der Waals surface area contributed by atoms with Crippen LogP contribution in [0.5, 0.6) is 11.5 Å². The van der Waals surface area contributed by atoms with E-state index in [9.17, 15) is 18.3 Å². The number of hydrogen-bond donors (Lipinski definition) is 2. The van der Waals surface area contributed by atoms with Crippen molar-refractivity contribution in [3.8, 4) is 11.5 Å². The Bertz CT molecular complexity index is 1320. The van der Waals surface area contributed by atoms with Gasteiger partial charge in [-0.3, -0.25) is 9.10 Å². The number of phenols is 1. The van der Waals surface area contributed by atoms with Gasteiger partial charge in [0.05, 0.1) is 23.4 Å². The number of amides is 1. The molecule has 8 nitrogen and oxygen atoms in total. The summed E-state index contributed by atoms with van der Waals surface area (Å²) in [6.45, 7) is 7.32. The van der Waals surface area contributed by atoms with E-state index >= 15 is 0 Å². The summed E-state index contributed by atoms with van der Waals surface area (Å²) in [7, 11) is -4.02. The Morgan fingerprint density at radius 3 is 2.29 bits per heavy atom. The van der Waals surface area contributed by atoms with Crippen LogP contribution in [0.15, 0.2) is 70.7 Å².